The van der Waals surface area contributed by atoms with Gasteiger partial charge in [-0.25, -0.2) is 0 Å². The van der Waals surface area contributed by atoms with Crippen molar-refractivity contribution in [3.63, 3.8) is 0 Å². The normalized spacial score (nSPS) is 15.1. The van der Waals surface area contributed by atoms with Crippen molar-refractivity contribution >= 4 is 5.82 Å². The second kappa shape index (κ2) is 7.72. The molecule has 0 saturated carbocycles. The molecule has 0 atom stereocenters. The number of rotatable bonds is 4. The van der Waals surface area contributed by atoms with Crippen LogP contribution in [0.3, 0.4) is 0 Å². The predicted molar refractivity (Wildman–Crippen MR) is 107 cm³/mol. The van der Waals surface area contributed by atoms with Gasteiger partial charge in [0.15, 0.2) is 5.82 Å². The number of pyridine rings is 1. The summed E-state index contributed by atoms with van der Waals surface area (Å²) in [6.07, 6.45) is 1.83. The van der Waals surface area contributed by atoms with E-state index in [4.69, 9.17) is 0 Å². The minimum atomic E-state index is 0.0416. The molecule has 0 N–H and O–H groups in total. The van der Waals surface area contributed by atoms with Crippen LogP contribution in [0.15, 0.2) is 65.6 Å². The standard InChI is InChI=1S/C21H23N5O/c1-24-10-9-17(15-21(24)27)16-25-11-13-26(14-12-25)20-8-7-19(22-23-20)18-5-3-2-4-6-18/h2-10,15H,11-14,16H2,1H3. The first-order valence-corrected chi connectivity index (χ1v) is 9.21. The second-order valence-electron chi connectivity index (χ2n) is 6.89. The summed E-state index contributed by atoms with van der Waals surface area (Å²) in [6.45, 7) is 4.51. The van der Waals surface area contributed by atoms with E-state index in [9.17, 15) is 4.79 Å². The van der Waals surface area contributed by atoms with E-state index in [2.05, 4.69) is 20.0 Å². The number of anilines is 1. The molecule has 27 heavy (non-hydrogen) atoms. The summed E-state index contributed by atoms with van der Waals surface area (Å²) >= 11 is 0. The number of aromatic nitrogens is 3. The molecule has 1 aliphatic rings. The predicted octanol–water partition coefficient (Wildman–Crippen LogP) is 2.16. The Bertz CT molecular complexity index is 944. The average molecular weight is 361 g/mol. The molecule has 6 heteroatoms. The number of aryl methyl sites for hydroxylation is 1. The first-order chi connectivity index (χ1) is 13.2. The van der Waals surface area contributed by atoms with Crippen molar-refractivity contribution in [1.29, 1.82) is 0 Å². The maximum absolute atomic E-state index is 11.8. The van der Waals surface area contributed by atoms with Gasteiger partial charge in [0.25, 0.3) is 5.56 Å². The van der Waals surface area contributed by atoms with Crippen molar-refractivity contribution in [2.45, 2.75) is 6.54 Å². The highest BCUT2D eigenvalue weighted by Crippen LogP contribution is 2.19. The van der Waals surface area contributed by atoms with Crippen LogP contribution in [0.25, 0.3) is 11.3 Å². The van der Waals surface area contributed by atoms with Gasteiger partial charge in [0.2, 0.25) is 0 Å². The van der Waals surface area contributed by atoms with Crippen molar-refractivity contribution in [1.82, 2.24) is 19.7 Å². The van der Waals surface area contributed by atoms with E-state index in [1.54, 1.807) is 17.7 Å². The Kier molecular flexibility index (Phi) is 4.98. The molecule has 0 bridgehead atoms. The van der Waals surface area contributed by atoms with E-state index in [0.29, 0.717) is 0 Å². The molecular weight excluding hydrogens is 338 g/mol. The molecule has 4 rings (SSSR count). The maximum atomic E-state index is 11.8. The van der Waals surface area contributed by atoms with E-state index >= 15 is 0 Å². The molecule has 138 valence electrons. The SMILES string of the molecule is Cn1ccc(CN2CCN(c3ccc(-c4ccccc4)nn3)CC2)cc1=O. The summed E-state index contributed by atoms with van der Waals surface area (Å²) in [7, 11) is 1.77. The Labute approximate surface area is 158 Å². The Morgan fingerprint density at radius 2 is 1.70 bits per heavy atom. The summed E-state index contributed by atoms with van der Waals surface area (Å²) in [5.41, 5.74) is 3.08. The number of nitrogens with zero attached hydrogens (tertiary/aromatic N) is 5. The first kappa shape index (κ1) is 17.4. The molecule has 3 aromatic rings. The van der Waals surface area contributed by atoms with Gasteiger partial charge in [-0.1, -0.05) is 30.3 Å². The molecule has 2 aromatic heterocycles. The summed E-state index contributed by atoms with van der Waals surface area (Å²) in [5, 5.41) is 8.81. The van der Waals surface area contributed by atoms with Crippen LogP contribution in [0.1, 0.15) is 5.56 Å². The summed E-state index contributed by atoms with van der Waals surface area (Å²) in [5.74, 6) is 0.919. The Morgan fingerprint density at radius 3 is 2.37 bits per heavy atom. The molecule has 0 radical (unpaired) electrons. The second-order valence-corrected chi connectivity index (χ2v) is 6.89. The Hall–Kier alpha value is -2.99. The zero-order valence-electron chi connectivity index (χ0n) is 15.5. The summed E-state index contributed by atoms with van der Waals surface area (Å²) < 4.78 is 1.60. The van der Waals surface area contributed by atoms with E-state index in [-0.39, 0.29) is 5.56 Å². The highest BCUT2D eigenvalue weighted by atomic mass is 16.1. The Balaban J connectivity index is 1.36. The van der Waals surface area contributed by atoms with E-state index in [0.717, 1.165) is 55.4 Å². The third-order valence-corrected chi connectivity index (χ3v) is 4.99. The largest absolute Gasteiger partial charge is 0.353 e. The van der Waals surface area contributed by atoms with Crippen molar-refractivity contribution < 1.29 is 0 Å². The highest BCUT2D eigenvalue weighted by Gasteiger charge is 2.18. The number of benzene rings is 1. The molecular formula is C21H23N5O. The monoisotopic (exact) mass is 361 g/mol. The number of piperazine rings is 1. The average Bonchev–Trinajstić information content (AvgIpc) is 2.72. The van der Waals surface area contributed by atoms with Crippen LogP contribution in [0, 0.1) is 0 Å². The lowest BCUT2D eigenvalue weighted by Gasteiger charge is -2.35. The van der Waals surface area contributed by atoms with Crippen LogP contribution in [0.2, 0.25) is 0 Å². The van der Waals surface area contributed by atoms with Gasteiger partial charge >= 0.3 is 0 Å². The lowest BCUT2D eigenvalue weighted by atomic mass is 10.1. The molecule has 0 aliphatic carbocycles. The molecule has 1 aliphatic heterocycles. The van der Waals surface area contributed by atoms with Crippen LogP contribution in [0.4, 0.5) is 5.82 Å². The third-order valence-electron chi connectivity index (χ3n) is 4.99. The van der Waals surface area contributed by atoms with Gasteiger partial charge in [0.1, 0.15) is 0 Å². The number of hydrogen-bond acceptors (Lipinski definition) is 5. The third kappa shape index (κ3) is 4.06. The zero-order valence-corrected chi connectivity index (χ0v) is 15.5. The maximum Gasteiger partial charge on any atom is 0.250 e. The van der Waals surface area contributed by atoms with E-state index < -0.39 is 0 Å². The van der Waals surface area contributed by atoms with Crippen molar-refractivity contribution in [2.24, 2.45) is 7.05 Å². The molecule has 0 spiro atoms. The van der Waals surface area contributed by atoms with Crippen LogP contribution < -0.4 is 10.5 Å². The van der Waals surface area contributed by atoms with Crippen molar-refractivity contribution in [3.8, 4) is 11.3 Å². The van der Waals surface area contributed by atoms with Crippen LogP contribution in [-0.2, 0) is 13.6 Å². The first-order valence-electron chi connectivity index (χ1n) is 9.21. The molecule has 3 heterocycles. The number of hydrogen-bond donors (Lipinski definition) is 0. The molecule has 1 aromatic carbocycles. The lowest BCUT2D eigenvalue weighted by Crippen LogP contribution is -2.46. The van der Waals surface area contributed by atoms with Gasteiger partial charge in [-0.2, -0.15) is 0 Å². The Morgan fingerprint density at radius 1 is 0.926 bits per heavy atom. The minimum Gasteiger partial charge on any atom is -0.353 e. The van der Waals surface area contributed by atoms with Gasteiger partial charge in [-0.3, -0.25) is 9.69 Å². The van der Waals surface area contributed by atoms with Crippen molar-refractivity contribution in [2.75, 3.05) is 31.1 Å². The van der Waals surface area contributed by atoms with Gasteiger partial charge in [0, 0.05) is 57.6 Å². The van der Waals surface area contributed by atoms with Gasteiger partial charge < -0.3 is 9.47 Å². The fourth-order valence-corrected chi connectivity index (χ4v) is 3.34. The summed E-state index contributed by atoms with van der Waals surface area (Å²) in [6, 6.07) is 17.9. The smallest absolute Gasteiger partial charge is 0.250 e. The highest BCUT2D eigenvalue weighted by molar-refractivity contribution is 5.59. The molecule has 0 unspecified atom stereocenters. The zero-order chi connectivity index (χ0) is 18.6. The van der Waals surface area contributed by atoms with E-state index in [1.807, 2.05) is 54.7 Å². The van der Waals surface area contributed by atoms with Gasteiger partial charge in [-0.15, -0.1) is 10.2 Å². The molecule has 0 amide bonds. The van der Waals surface area contributed by atoms with Crippen LogP contribution >= 0.6 is 0 Å². The fraction of sp³-hybridized carbons (Fsp3) is 0.286. The van der Waals surface area contributed by atoms with Crippen LogP contribution in [-0.4, -0.2) is 45.8 Å². The molecule has 6 nitrogen and oxygen atoms in total. The molecule has 1 saturated heterocycles. The minimum absolute atomic E-state index is 0.0416. The fourth-order valence-electron chi connectivity index (χ4n) is 3.34. The lowest BCUT2D eigenvalue weighted by molar-refractivity contribution is 0.249. The van der Waals surface area contributed by atoms with Crippen LogP contribution in [0.5, 0.6) is 0 Å². The van der Waals surface area contributed by atoms with E-state index in [1.165, 1.54) is 0 Å². The quantitative estimate of drug-likeness (QED) is 0.713. The topological polar surface area (TPSA) is 54.3 Å². The van der Waals surface area contributed by atoms with Crippen molar-refractivity contribution in [3.05, 3.63) is 76.7 Å². The van der Waals surface area contributed by atoms with Gasteiger partial charge in [-0.05, 0) is 23.8 Å². The van der Waals surface area contributed by atoms with Gasteiger partial charge in [0.05, 0.1) is 5.69 Å². The summed E-state index contributed by atoms with van der Waals surface area (Å²) in [4.78, 5) is 16.4. The molecule has 1 fully saturated rings.